The van der Waals surface area contributed by atoms with Gasteiger partial charge >= 0.3 is 0 Å². The SMILES string of the molecule is CC(F)(F)c1ccc(S(=O)(=O)n2nc(N3C[C@@H](O)C(F)(F)C3)c3c(Cl)cccc32)cc1. The molecule has 1 atom stereocenters. The first-order valence-electron chi connectivity index (χ1n) is 9.04. The molecule has 2 heterocycles. The van der Waals surface area contributed by atoms with E-state index in [-0.39, 0.29) is 32.2 Å². The van der Waals surface area contributed by atoms with Crippen molar-refractivity contribution in [3.63, 3.8) is 0 Å². The van der Waals surface area contributed by atoms with E-state index in [1.54, 1.807) is 0 Å². The van der Waals surface area contributed by atoms with Crippen LogP contribution in [0.15, 0.2) is 47.4 Å². The third-order valence-electron chi connectivity index (χ3n) is 5.08. The van der Waals surface area contributed by atoms with Gasteiger partial charge in [0.1, 0.15) is 6.10 Å². The Hall–Kier alpha value is -2.37. The van der Waals surface area contributed by atoms with E-state index in [0.717, 1.165) is 29.2 Å². The van der Waals surface area contributed by atoms with Crippen LogP contribution in [0.4, 0.5) is 23.4 Å². The summed E-state index contributed by atoms with van der Waals surface area (Å²) in [5.74, 6) is -6.68. The second-order valence-corrected chi connectivity index (χ2v) is 9.55. The van der Waals surface area contributed by atoms with Gasteiger partial charge in [0.2, 0.25) is 0 Å². The number of β-amino-alcohol motifs (C(OH)–C–C–N with tert-alkyl or cyclic N) is 1. The van der Waals surface area contributed by atoms with Crippen LogP contribution in [0.25, 0.3) is 10.9 Å². The number of nitrogens with zero attached hydrogens (tertiary/aromatic N) is 3. The number of hydrogen-bond donors (Lipinski definition) is 1. The van der Waals surface area contributed by atoms with Crippen LogP contribution in [0.2, 0.25) is 5.02 Å². The number of rotatable bonds is 4. The average Bonchev–Trinajstić information content (AvgIpc) is 3.20. The third-order valence-corrected chi connectivity index (χ3v) is 6.99. The highest BCUT2D eigenvalue weighted by Crippen LogP contribution is 2.38. The van der Waals surface area contributed by atoms with E-state index < -0.39 is 41.1 Å². The number of benzene rings is 2. The first kappa shape index (κ1) is 21.8. The third kappa shape index (κ3) is 3.64. The van der Waals surface area contributed by atoms with Gasteiger partial charge in [-0.2, -0.15) is 12.5 Å². The zero-order chi connectivity index (χ0) is 22.8. The number of fused-ring (bicyclic) bond motifs is 1. The first-order valence-corrected chi connectivity index (χ1v) is 10.9. The molecule has 12 heteroatoms. The predicted octanol–water partition coefficient (Wildman–Crippen LogP) is 3.85. The molecule has 6 nitrogen and oxygen atoms in total. The number of anilines is 1. The van der Waals surface area contributed by atoms with Gasteiger partial charge in [0, 0.05) is 12.5 Å². The molecule has 1 aliphatic heterocycles. The van der Waals surface area contributed by atoms with Crippen LogP contribution < -0.4 is 4.90 Å². The van der Waals surface area contributed by atoms with Crippen LogP contribution in [-0.4, -0.2) is 47.8 Å². The number of halogens is 5. The normalized spacial score (nSPS) is 19.3. The Morgan fingerprint density at radius 2 is 1.84 bits per heavy atom. The van der Waals surface area contributed by atoms with Crippen molar-refractivity contribution in [2.24, 2.45) is 0 Å². The number of hydrogen-bond acceptors (Lipinski definition) is 5. The Bertz CT molecular complexity index is 1260. The maximum atomic E-state index is 13.9. The van der Waals surface area contributed by atoms with Crippen molar-refractivity contribution in [3.05, 3.63) is 53.1 Å². The van der Waals surface area contributed by atoms with E-state index in [4.69, 9.17) is 11.6 Å². The second-order valence-electron chi connectivity index (χ2n) is 7.38. The van der Waals surface area contributed by atoms with E-state index in [1.165, 1.54) is 18.2 Å². The molecule has 166 valence electrons. The van der Waals surface area contributed by atoms with Crippen molar-refractivity contribution < 1.29 is 31.1 Å². The molecule has 2 aromatic carbocycles. The van der Waals surface area contributed by atoms with E-state index in [1.807, 2.05) is 0 Å². The standard InChI is InChI=1S/C19H16ClF4N3O3S/c1-18(21,22)11-5-7-12(8-6-11)31(29,30)27-14-4-2-3-13(20)16(14)17(25-27)26-9-15(28)19(23,24)10-26/h2-8,15,28H,9-10H2,1H3/t15-/m1/s1. The molecule has 4 rings (SSSR count). The molecule has 1 fully saturated rings. The highest BCUT2D eigenvalue weighted by Gasteiger charge is 2.48. The van der Waals surface area contributed by atoms with Crippen LogP contribution in [0.5, 0.6) is 0 Å². The molecule has 3 aromatic rings. The van der Waals surface area contributed by atoms with Crippen molar-refractivity contribution in [2.45, 2.75) is 29.8 Å². The van der Waals surface area contributed by atoms with Crippen LogP contribution in [0.1, 0.15) is 12.5 Å². The van der Waals surface area contributed by atoms with E-state index in [9.17, 15) is 31.1 Å². The molecular formula is C19H16ClF4N3O3S. The van der Waals surface area contributed by atoms with E-state index in [0.29, 0.717) is 11.0 Å². The smallest absolute Gasteiger partial charge is 0.292 e. The topological polar surface area (TPSA) is 75.4 Å². The summed E-state index contributed by atoms with van der Waals surface area (Å²) in [6.45, 7) is -0.650. The van der Waals surface area contributed by atoms with Gasteiger partial charge in [-0.15, -0.1) is 5.10 Å². The lowest BCUT2D eigenvalue weighted by atomic mass is 10.1. The molecule has 0 amide bonds. The summed E-state index contributed by atoms with van der Waals surface area (Å²) in [6.07, 6.45) is -1.95. The van der Waals surface area contributed by atoms with Crippen molar-refractivity contribution in [1.82, 2.24) is 9.19 Å². The van der Waals surface area contributed by atoms with Gasteiger partial charge in [-0.25, -0.2) is 17.6 Å². The van der Waals surface area contributed by atoms with Crippen LogP contribution >= 0.6 is 11.6 Å². The molecule has 0 saturated carbocycles. The predicted molar refractivity (Wildman–Crippen MR) is 107 cm³/mol. The molecule has 1 aliphatic rings. The molecular weight excluding hydrogens is 462 g/mol. The highest BCUT2D eigenvalue weighted by molar-refractivity contribution is 7.90. The largest absolute Gasteiger partial charge is 0.385 e. The highest BCUT2D eigenvalue weighted by atomic mass is 35.5. The molecule has 1 aromatic heterocycles. The molecule has 0 radical (unpaired) electrons. The zero-order valence-corrected chi connectivity index (χ0v) is 17.5. The maximum Gasteiger partial charge on any atom is 0.292 e. The minimum atomic E-state index is -4.37. The first-order chi connectivity index (χ1) is 14.3. The van der Waals surface area contributed by atoms with Crippen LogP contribution in [0.3, 0.4) is 0 Å². The second kappa shape index (κ2) is 7.07. The number of aromatic nitrogens is 2. The summed E-state index contributed by atoms with van der Waals surface area (Å²) >= 11 is 6.22. The maximum absolute atomic E-state index is 13.9. The summed E-state index contributed by atoms with van der Waals surface area (Å²) < 4.78 is 81.7. The molecule has 0 aliphatic carbocycles. The van der Waals surface area contributed by atoms with Gasteiger partial charge in [0.15, 0.2) is 5.82 Å². The van der Waals surface area contributed by atoms with Crippen molar-refractivity contribution in [2.75, 3.05) is 18.0 Å². The van der Waals surface area contributed by atoms with Crippen molar-refractivity contribution >= 4 is 38.3 Å². The van der Waals surface area contributed by atoms with Crippen LogP contribution in [0, 0.1) is 0 Å². The Morgan fingerprint density at radius 3 is 2.39 bits per heavy atom. The Balaban J connectivity index is 1.86. The average molecular weight is 478 g/mol. The van der Waals surface area contributed by atoms with Gasteiger partial charge in [-0.05, 0) is 24.3 Å². The molecule has 0 unspecified atom stereocenters. The number of aliphatic hydroxyl groups is 1. The van der Waals surface area contributed by atoms with Crippen molar-refractivity contribution in [3.8, 4) is 0 Å². The Morgan fingerprint density at radius 1 is 1.19 bits per heavy atom. The molecule has 31 heavy (non-hydrogen) atoms. The summed E-state index contributed by atoms with van der Waals surface area (Å²) in [5, 5.41) is 13.9. The van der Waals surface area contributed by atoms with Gasteiger partial charge in [0.05, 0.1) is 33.9 Å². The van der Waals surface area contributed by atoms with Gasteiger partial charge < -0.3 is 10.0 Å². The Kier molecular flexibility index (Phi) is 4.99. The fourth-order valence-corrected chi connectivity index (χ4v) is 4.97. The van der Waals surface area contributed by atoms with E-state index in [2.05, 4.69) is 5.10 Å². The lowest BCUT2D eigenvalue weighted by molar-refractivity contribution is -0.0712. The minimum Gasteiger partial charge on any atom is -0.385 e. The monoisotopic (exact) mass is 477 g/mol. The summed E-state index contributed by atoms with van der Waals surface area (Å²) in [5.41, 5.74) is -0.342. The van der Waals surface area contributed by atoms with Crippen molar-refractivity contribution in [1.29, 1.82) is 0 Å². The molecule has 1 saturated heterocycles. The fraction of sp³-hybridized carbons (Fsp3) is 0.316. The van der Waals surface area contributed by atoms with Gasteiger partial charge in [-0.1, -0.05) is 29.8 Å². The summed E-state index contributed by atoms with van der Waals surface area (Å²) in [4.78, 5) is 0.745. The number of aliphatic hydroxyl groups excluding tert-OH is 1. The molecule has 0 spiro atoms. The quantitative estimate of drug-likeness (QED) is 0.578. The summed E-state index contributed by atoms with van der Waals surface area (Å²) in [7, 11) is -4.37. The Labute approximate surface area is 179 Å². The minimum absolute atomic E-state index is 0.0251. The van der Waals surface area contributed by atoms with Crippen LogP contribution in [-0.2, 0) is 15.9 Å². The fourth-order valence-electron chi connectivity index (χ4n) is 3.44. The number of alkyl halides is 4. The molecule has 0 bridgehead atoms. The van der Waals surface area contributed by atoms with Gasteiger partial charge in [-0.3, -0.25) is 0 Å². The molecule has 1 N–H and O–H groups in total. The van der Waals surface area contributed by atoms with Gasteiger partial charge in [0.25, 0.3) is 21.9 Å². The summed E-state index contributed by atoms with van der Waals surface area (Å²) in [6, 6.07) is 8.34. The zero-order valence-electron chi connectivity index (χ0n) is 15.9. The van der Waals surface area contributed by atoms with E-state index >= 15 is 0 Å². The lowest BCUT2D eigenvalue weighted by Gasteiger charge is -2.15. The lowest BCUT2D eigenvalue weighted by Crippen LogP contribution is -2.31.